The number of hydrogen-bond donors (Lipinski definition) is 2. The minimum absolute atomic E-state index is 0.0754. The summed E-state index contributed by atoms with van der Waals surface area (Å²) in [4.78, 5) is 11.0. The van der Waals surface area contributed by atoms with E-state index in [9.17, 15) is 4.79 Å². The van der Waals surface area contributed by atoms with Gasteiger partial charge in [0.25, 0.3) is 0 Å². The second kappa shape index (κ2) is 2.87. The minimum Gasteiger partial charge on any atom is -0.311 e. The predicted molar refractivity (Wildman–Crippen MR) is 49.6 cm³/mol. The quantitative estimate of drug-likeness (QED) is 0.685. The van der Waals surface area contributed by atoms with Gasteiger partial charge in [-0.2, -0.15) is 5.10 Å². The fraction of sp³-hybridized carbons (Fsp3) is 0.556. The molecule has 1 aromatic heterocycles. The molecule has 0 fully saturated rings. The molecule has 1 aliphatic heterocycles. The second-order valence-corrected chi connectivity index (χ2v) is 3.67. The average molecular weight is 179 g/mol. The molecule has 1 aromatic rings. The third-order valence-electron chi connectivity index (χ3n) is 2.31. The van der Waals surface area contributed by atoms with Crippen LogP contribution >= 0.6 is 0 Å². The number of hydrogen-bond acceptors (Lipinski definition) is 2. The lowest BCUT2D eigenvalue weighted by Gasteiger charge is -2.13. The lowest BCUT2D eigenvalue weighted by atomic mass is 10.00. The van der Waals surface area contributed by atoms with Gasteiger partial charge in [0, 0.05) is 12.0 Å². The van der Waals surface area contributed by atoms with Crippen LogP contribution in [0.4, 0.5) is 5.82 Å². The fourth-order valence-corrected chi connectivity index (χ4v) is 1.65. The number of anilines is 1. The molecule has 2 N–H and O–H groups in total. The number of nitrogens with one attached hydrogen (secondary N) is 2. The van der Waals surface area contributed by atoms with Crippen LogP contribution < -0.4 is 5.32 Å². The molecule has 2 rings (SSSR count). The number of aromatic nitrogens is 2. The summed E-state index contributed by atoms with van der Waals surface area (Å²) in [7, 11) is 0. The topological polar surface area (TPSA) is 57.8 Å². The third-order valence-corrected chi connectivity index (χ3v) is 2.31. The van der Waals surface area contributed by atoms with Crippen LogP contribution in [-0.4, -0.2) is 16.1 Å². The summed E-state index contributed by atoms with van der Waals surface area (Å²) in [5, 5.41) is 9.83. The van der Waals surface area contributed by atoms with Gasteiger partial charge < -0.3 is 5.32 Å². The number of H-pyrrole nitrogens is 1. The van der Waals surface area contributed by atoms with Gasteiger partial charge in [-0.3, -0.25) is 9.89 Å². The van der Waals surface area contributed by atoms with Crippen LogP contribution in [0, 0.1) is 0 Å². The summed E-state index contributed by atoms with van der Waals surface area (Å²) in [6.45, 7) is 4.21. The summed E-state index contributed by atoms with van der Waals surface area (Å²) in [5.74, 6) is 1.28. The van der Waals surface area contributed by atoms with Crippen molar-refractivity contribution in [3.05, 3.63) is 11.3 Å². The molecule has 13 heavy (non-hydrogen) atoms. The molecule has 0 unspecified atom stereocenters. The van der Waals surface area contributed by atoms with E-state index in [0.29, 0.717) is 12.3 Å². The van der Waals surface area contributed by atoms with E-state index in [4.69, 9.17) is 0 Å². The van der Waals surface area contributed by atoms with E-state index in [2.05, 4.69) is 29.4 Å². The van der Waals surface area contributed by atoms with Crippen LogP contribution in [0.5, 0.6) is 0 Å². The predicted octanol–water partition coefficient (Wildman–Crippen LogP) is 1.42. The number of carbonyl (C=O) groups excluding carboxylic acids is 1. The van der Waals surface area contributed by atoms with E-state index in [-0.39, 0.29) is 5.91 Å². The molecule has 1 amide bonds. The maximum atomic E-state index is 11.0. The minimum atomic E-state index is 0.0754. The van der Waals surface area contributed by atoms with Crippen LogP contribution in [0.25, 0.3) is 0 Å². The van der Waals surface area contributed by atoms with Crippen molar-refractivity contribution < 1.29 is 4.79 Å². The number of fused-ring (bicyclic) bond motifs is 1. The van der Waals surface area contributed by atoms with Crippen molar-refractivity contribution in [3.63, 3.8) is 0 Å². The Morgan fingerprint density at radius 3 is 2.85 bits per heavy atom. The summed E-state index contributed by atoms with van der Waals surface area (Å²) in [6.07, 6.45) is 1.39. The molecular weight excluding hydrogens is 166 g/mol. The molecule has 4 heteroatoms. The average Bonchev–Trinajstić information content (AvgIpc) is 2.46. The van der Waals surface area contributed by atoms with Crippen LogP contribution in [0.2, 0.25) is 0 Å². The van der Waals surface area contributed by atoms with Gasteiger partial charge in [-0.1, -0.05) is 13.8 Å². The van der Waals surface area contributed by atoms with E-state index < -0.39 is 0 Å². The number of aromatic amines is 1. The first-order valence-electron chi connectivity index (χ1n) is 4.55. The Labute approximate surface area is 76.7 Å². The van der Waals surface area contributed by atoms with Crippen LogP contribution in [0.3, 0.4) is 0 Å². The lowest BCUT2D eigenvalue weighted by molar-refractivity contribution is -0.116. The molecule has 0 aliphatic carbocycles. The summed E-state index contributed by atoms with van der Waals surface area (Å²) in [5.41, 5.74) is 2.25. The van der Waals surface area contributed by atoms with Crippen molar-refractivity contribution in [1.82, 2.24) is 10.2 Å². The number of nitrogens with zero attached hydrogens (tertiary/aromatic N) is 1. The van der Waals surface area contributed by atoms with Gasteiger partial charge in [0.1, 0.15) is 5.82 Å². The Kier molecular flexibility index (Phi) is 1.83. The summed E-state index contributed by atoms with van der Waals surface area (Å²) in [6, 6.07) is 0. The number of rotatable bonds is 1. The van der Waals surface area contributed by atoms with E-state index in [1.165, 1.54) is 5.56 Å². The van der Waals surface area contributed by atoms with Gasteiger partial charge in [-0.25, -0.2) is 0 Å². The van der Waals surface area contributed by atoms with Crippen LogP contribution in [0.15, 0.2) is 0 Å². The largest absolute Gasteiger partial charge is 0.311 e. The summed E-state index contributed by atoms with van der Waals surface area (Å²) >= 11 is 0. The van der Waals surface area contributed by atoms with Crippen molar-refractivity contribution in [2.24, 2.45) is 0 Å². The Morgan fingerprint density at radius 2 is 2.15 bits per heavy atom. The highest BCUT2D eigenvalue weighted by Crippen LogP contribution is 2.27. The molecule has 1 aliphatic rings. The molecule has 0 aromatic carbocycles. The smallest absolute Gasteiger partial charge is 0.225 e. The normalized spacial score (nSPS) is 15.8. The van der Waals surface area contributed by atoms with Crippen LogP contribution in [-0.2, 0) is 11.2 Å². The van der Waals surface area contributed by atoms with Gasteiger partial charge >= 0.3 is 0 Å². The molecule has 0 radical (unpaired) electrons. The Balaban J connectivity index is 2.38. The molecule has 0 saturated carbocycles. The highest BCUT2D eigenvalue weighted by molar-refractivity contribution is 5.92. The van der Waals surface area contributed by atoms with Gasteiger partial charge in [-0.15, -0.1) is 0 Å². The highest BCUT2D eigenvalue weighted by atomic mass is 16.1. The van der Waals surface area contributed by atoms with E-state index in [0.717, 1.165) is 17.9 Å². The Bertz CT molecular complexity index is 341. The molecule has 2 heterocycles. The van der Waals surface area contributed by atoms with Crippen molar-refractivity contribution in [3.8, 4) is 0 Å². The first-order valence-corrected chi connectivity index (χ1v) is 4.55. The van der Waals surface area contributed by atoms with Gasteiger partial charge in [0.05, 0.1) is 5.69 Å². The third kappa shape index (κ3) is 1.32. The van der Waals surface area contributed by atoms with Crippen LogP contribution in [0.1, 0.15) is 37.4 Å². The number of amides is 1. The number of carbonyl (C=O) groups is 1. The molecule has 0 bridgehead atoms. The van der Waals surface area contributed by atoms with Gasteiger partial charge in [-0.05, 0) is 12.3 Å². The Hall–Kier alpha value is -1.32. The Morgan fingerprint density at radius 1 is 1.38 bits per heavy atom. The molecule has 0 spiro atoms. The van der Waals surface area contributed by atoms with Crippen molar-refractivity contribution in [2.75, 3.05) is 5.32 Å². The molecule has 4 nitrogen and oxygen atoms in total. The fourth-order valence-electron chi connectivity index (χ4n) is 1.65. The maximum Gasteiger partial charge on any atom is 0.225 e. The van der Waals surface area contributed by atoms with Crippen molar-refractivity contribution in [1.29, 1.82) is 0 Å². The maximum absolute atomic E-state index is 11.0. The van der Waals surface area contributed by atoms with Crippen molar-refractivity contribution in [2.45, 2.75) is 32.6 Å². The highest BCUT2D eigenvalue weighted by Gasteiger charge is 2.21. The summed E-state index contributed by atoms with van der Waals surface area (Å²) < 4.78 is 0. The zero-order valence-corrected chi connectivity index (χ0v) is 7.85. The van der Waals surface area contributed by atoms with E-state index in [1.807, 2.05) is 0 Å². The van der Waals surface area contributed by atoms with E-state index in [1.54, 1.807) is 0 Å². The molecule has 0 saturated heterocycles. The van der Waals surface area contributed by atoms with Gasteiger partial charge in [0.15, 0.2) is 0 Å². The molecule has 70 valence electrons. The standard InChI is InChI=1S/C9H13N3O/c1-5(2)8-6-3-4-7(13)10-9(6)12-11-8/h5H,3-4H2,1-2H3,(H2,10,11,12,13). The zero-order valence-electron chi connectivity index (χ0n) is 7.85. The monoisotopic (exact) mass is 179 g/mol. The zero-order chi connectivity index (χ0) is 9.42. The lowest BCUT2D eigenvalue weighted by Crippen LogP contribution is -2.19. The SMILES string of the molecule is CC(C)c1n[nH]c2c1CCC(=O)N2. The first-order chi connectivity index (χ1) is 6.18. The van der Waals surface area contributed by atoms with Gasteiger partial charge in [0.2, 0.25) is 5.91 Å². The first kappa shape index (κ1) is 8.29. The van der Waals surface area contributed by atoms with E-state index >= 15 is 0 Å². The van der Waals surface area contributed by atoms with Crippen molar-refractivity contribution >= 4 is 11.7 Å². The molecule has 0 atom stereocenters. The second-order valence-electron chi connectivity index (χ2n) is 3.67. The molecular formula is C9H13N3O.